The van der Waals surface area contributed by atoms with E-state index in [9.17, 15) is 10.5 Å². The molecule has 2 heterocycles. The number of aliphatic hydroxyl groups is 1. The van der Waals surface area contributed by atoms with E-state index in [-0.39, 0.29) is 0 Å². The molecule has 5 aromatic rings. The van der Waals surface area contributed by atoms with Crippen LogP contribution >= 0.6 is 0 Å². The smallest absolute Gasteiger partial charge is 0.146 e. The first-order chi connectivity index (χ1) is 17.7. The minimum absolute atomic E-state index is 0.343. The zero-order chi connectivity index (χ0) is 24.5. The summed E-state index contributed by atoms with van der Waals surface area (Å²) in [5.74, 6) is 0. The van der Waals surface area contributed by atoms with Crippen LogP contribution in [0.5, 0.6) is 0 Å². The van der Waals surface area contributed by atoms with Crippen molar-refractivity contribution < 1.29 is 5.11 Å². The maximum absolute atomic E-state index is 10.7. The Morgan fingerprint density at radius 3 is 2.17 bits per heavy atom. The summed E-state index contributed by atoms with van der Waals surface area (Å²) in [5.41, 5.74) is 7.17. The summed E-state index contributed by atoms with van der Waals surface area (Å²) in [6.45, 7) is 0.635. The van der Waals surface area contributed by atoms with Crippen molar-refractivity contribution in [1.29, 1.82) is 5.41 Å². The number of benzene rings is 3. The van der Waals surface area contributed by atoms with Gasteiger partial charge in [0, 0.05) is 12.1 Å². The van der Waals surface area contributed by atoms with Crippen LogP contribution in [-0.2, 0) is 6.54 Å². The van der Waals surface area contributed by atoms with Crippen LogP contribution in [0, 0.1) is 5.41 Å². The van der Waals surface area contributed by atoms with Crippen molar-refractivity contribution >= 4 is 16.7 Å². The van der Waals surface area contributed by atoms with Crippen LogP contribution in [0.2, 0.25) is 0 Å². The van der Waals surface area contributed by atoms with Crippen LogP contribution in [0.4, 0.5) is 0 Å². The number of fused-ring (bicyclic) bond motifs is 1. The predicted molar refractivity (Wildman–Crippen MR) is 144 cm³/mol. The number of rotatable bonds is 5. The second-order valence-electron chi connectivity index (χ2n) is 9.26. The standard InChI is InChI=1S/C31H28N4O/c32-30-28-27(23-14-6-2-7-15-23)29(24-16-8-3-9-17-24)34(20-22-12-4-1-5-13-22)31(28)33-21-35(30)25-18-10-11-19-26(25)36/h1-9,12-18,21,26,32,36H,10-11,19-20H2/t26-/m1/s1. The molecular weight excluding hydrogens is 444 g/mol. The van der Waals surface area contributed by atoms with E-state index >= 15 is 0 Å². The molecule has 2 aromatic heterocycles. The molecule has 5 nitrogen and oxygen atoms in total. The van der Waals surface area contributed by atoms with E-state index in [0.717, 1.165) is 52.0 Å². The van der Waals surface area contributed by atoms with Crippen LogP contribution in [0.3, 0.4) is 0 Å². The summed E-state index contributed by atoms with van der Waals surface area (Å²) in [5, 5.41) is 20.9. The molecule has 0 saturated carbocycles. The largest absolute Gasteiger partial charge is 0.387 e. The Balaban J connectivity index is 1.72. The molecule has 178 valence electrons. The van der Waals surface area contributed by atoms with Crippen molar-refractivity contribution in [3.05, 3.63) is 114 Å². The van der Waals surface area contributed by atoms with Crippen LogP contribution in [0.25, 0.3) is 39.1 Å². The number of hydrogen-bond donors (Lipinski definition) is 2. The first-order valence-electron chi connectivity index (χ1n) is 12.4. The highest BCUT2D eigenvalue weighted by Crippen LogP contribution is 2.39. The molecule has 0 spiro atoms. The Labute approximate surface area is 210 Å². The Morgan fingerprint density at radius 1 is 0.861 bits per heavy atom. The third-order valence-corrected chi connectivity index (χ3v) is 6.96. The van der Waals surface area contributed by atoms with Gasteiger partial charge in [-0.1, -0.05) is 97.1 Å². The molecule has 5 heteroatoms. The molecule has 0 aliphatic heterocycles. The van der Waals surface area contributed by atoms with E-state index in [2.05, 4.69) is 53.1 Å². The molecule has 0 unspecified atom stereocenters. The Morgan fingerprint density at radius 2 is 1.50 bits per heavy atom. The van der Waals surface area contributed by atoms with Crippen LogP contribution in [0.15, 0.2) is 103 Å². The number of aromatic nitrogens is 3. The fourth-order valence-corrected chi connectivity index (χ4v) is 5.26. The van der Waals surface area contributed by atoms with Gasteiger partial charge in [0.1, 0.15) is 17.5 Å². The Bertz CT molecular complexity index is 1600. The normalized spacial score (nSPS) is 15.7. The number of nitrogens with one attached hydrogen (secondary N) is 1. The van der Waals surface area contributed by atoms with Crippen molar-refractivity contribution in [1.82, 2.24) is 14.1 Å². The van der Waals surface area contributed by atoms with Crippen LogP contribution in [-0.4, -0.2) is 25.3 Å². The summed E-state index contributed by atoms with van der Waals surface area (Å²) in [7, 11) is 0. The van der Waals surface area contributed by atoms with Crippen LogP contribution < -0.4 is 5.49 Å². The molecule has 0 saturated heterocycles. The molecule has 0 radical (unpaired) electrons. The van der Waals surface area contributed by atoms with E-state index in [1.165, 1.54) is 5.56 Å². The Kier molecular flexibility index (Phi) is 5.84. The average molecular weight is 473 g/mol. The van der Waals surface area contributed by atoms with Gasteiger partial charge in [0.25, 0.3) is 0 Å². The summed E-state index contributed by atoms with van der Waals surface area (Å²) in [6, 6.07) is 31.0. The maximum atomic E-state index is 10.7. The summed E-state index contributed by atoms with van der Waals surface area (Å²) >= 11 is 0. The quantitative estimate of drug-likeness (QED) is 0.325. The lowest BCUT2D eigenvalue weighted by atomic mass is 9.98. The van der Waals surface area contributed by atoms with Crippen LogP contribution in [0.1, 0.15) is 24.8 Å². The minimum atomic E-state index is -0.590. The molecule has 36 heavy (non-hydrogen) atoms. The van der Waals surface area contributed by atoms with Gasteiger partial charge in [-0.05, 0) is 36.0 Å². The SMILES string of the molecule is N=c1c2c(-c3ccccc3)c(-c3ccccc3)n(Cc3ccccc3)c2ncn1C1=CCCC[C@H]1O. The molecule has 3 aromatic carbocycles. The lowest BCUT2D eigenvalue weighted by Gasteiger charge is -2.21. The molecule has 0 amide bonds. The van der Waals surface area contributed by atoms with Gasteiger partial charge in [-0.25, -0.2) is 4.98 Å². The summed E-state index contributed by atoms with van der Waals surface area (Å²) in [6.07, 6.45) is 5.71. The predicted octanol–water partition coefficient (Wildman–Crippen LogP) is 6.09. The molecule has 1 aliphatic carbocycles. The van der Waals surface area contributed by atoms with E-state index in [0.29, 0.717) is 18.5 Å². The molecule has 0 bridgehead atoms. The highest BCUT2D eigenvalue weighted by atomic mass is 16.3. The van der Waals surface area contributed by atoms with Gasteiger partial charge in [-0.15, -0.1) is 0 Å². The second-order valence-corrected chi connectivity index (χ2v) is 9.26. The van der Waals surface area contributed by atoms with Gasteiger partial charge < -0.3 is 9.67 Å². The van der Waals surface area contributed by atoms with Gasteiger partial charge >= 0.3 is 0 Å². The fraction of sp³-hybridized carbons (Fsp3) is 0.161. The molecule has 1 aliphatic rings. The van der Waals surface area contributed by atoms with E-state index in [4.69, 9.17) is 4.98 Å². The minimum Gasteiger partial charge on any atom is -0.387 e. The average Bonchev–Trinajstić information content (AvgIpc) is 3.26. The van der Waals surface area contributed by atoms with E-state index in [1.54, 1.807) is 10.9 Å². The van der Waals surface area contributed by atoms with Crippen molar-refractivity contribution in [3.63, 3.8) is 0 Å². The highest BCUT2D eigenvalue weighted by molar-refractivity contribution is 6.02. The lowest BCUT2D eigenvalue weighted by molar-refractivity contribution is 0.207. The lowest BCUT2D eigenvalue weighted by Crippen LogP contribution is -2.27. The van der Waals surface area contributed by atoms with Gasteiger partial charge in [0.15, 0.2) is 0 Å². The number of aliphatic hydroxyl groups excluding tert-OH is 1. The van der Waals surface area contributed by atoms with Gasteiger partial charge in [0.2, 0.25) is 0 Å². The third kappa shape index (κ3) is 3.88. The molecule has 0 fully saturated rings. The summed E-state index contributed by atoms with van der Waals surface area (Å²) < 4.78 is 4.00. The van der Waals surface area contributed by atoms with E-state index in [1.807, 2.05) is 48.5 Å². The number of allylic oxidation sites excluding steroid dienone is 1. The topological polar surface area (TPSA) is 66.8 Å². The molecule has 6 rings (SSSR count). The first-order valence-corrected chi connectivity index (χ1v) is 12.4. The van der Waals surface area contributed by atoms with Crippen molar-refractivity contribution in [2.24, 2.45) is 0 Å². The fourth-order valence-electron chi connectivity index (χ4n) is 5.26. The molecule has 2 N–H and O–H groups in total. The van der Waals surface area contributed by atoms with E-state index < -0.39 is 6.10 Å². The Hall–Kier alpha value is -4.22. The van der Waals surface area contributed by atoms with Crippen molar-refractivity contribution in [2.75, 3.05) is 0 Å². The van der Waals surface area contributed by atoms with Crippen molar-refractivity contribution in [2.45, 2.75) is 31.9 Å². The highest BCUT2D eigenvalue weighted by Gasteiger charge is 2.25. The third-order valence-electron chi connectivity index (χ3n) is 6.96. The maximum Gasteiger partial charge on any atom is 0.146 e. The monoisotopic (exact) mass is 472 g/mol. The van der Waals surface area contributed by atoms with Crippen molar-refractivity contribution in [3.8, 4) is 22.4 Å². The van der Waals surface area contributed by atoms with Gasteiger partial charge in [0.05, 0.1) is 22.9 Å². The number of hydrogen-bond acceptors (Lipinski definition) is 3. The molecular formula is C31H28N4O. The zero-order valence-electron chi connectivity index (χ0n) is 20.0. The van der Waals surface area contributed by atoms with Gasteiger partial charge in [-0.2, -0.15) is 0 Å². The summed E-state index contributed by atoms with van der Waals surface area (Å²) in [4.78, 5) is 4.93. The molecule has 1 atom stereocenters. The zero-order valence-corrected chi connectivity index (χ0v) is 20.0. The number of nitrogens with zero attached hydrogens (tertiary/aromatic N) is 3. The second kappa shape index (κ2) is 9.44. The van der Waals surface area contributed by atoms with Gasteiger partial charge in [-0.3, -0.25) is 9.98 Å². The first kappa shape index (κ1) is 22.3.